The second kappa shape index (κ2) is 9.31. The minimum absolute atomic E-state index is 0.0448. The lowest BCUT2D eigenvalue weighted by Crippen LogP contribution is -2.39. The molecule has 0 aliphatic carbocycles. The van der Waals surface area contributed by atoms with Gasteiger partial charge in [0.2, 0.25) is 0 Å². The van der Waals surface area contributed by atoms with E-state index in [-0.39, 0.29) is 19.7 Å². The molecule has 1 aliphatic rings. The number of carbonyl (C=O) groups excluding carboxylic acids is 1. The summed E-state index contributed by atoms with van der Waals surface area (Å²) < 4.78 is 22.2. The molecule has 0 saturated carbocycles. The van der Waals surface area contributed by atoms with E-state index in [1.165, 1.54) is 22.0 Å². The largest absolute Gasteiger partial charge is 0.450 e. The summed E-state index contributed by atoms with van der Waals surface area (Å²) in [6.45, 7) is 2.64. The van der Waals surface area contributed by atoms with Crippen LogP contribution in [-0.2, 0) is 24.2 Å². The van der Waals surface area contributed by atoms with E-state index < -0.39 is 23.2 Å². The third-order valence-corrected chi connectivity index (χ3v) is 7.51. The average molecular weight is 514 g/mol. The molecule has 0 saturated heterocycles. The molecular formula is C25H21ClFN3O4S. The van der Waals surface area contributed by atoms with Crippen molar-refractivity contribution in [2.45, 2.75) is 26.4 Å². The highest BCUT2D eigenvalue weighted by Crippen LogP contribution is 2.34. The van der Waals surface area contributed by atoms with Gasteiger partial charge in [0.05, 0.1) is 30.8 Å². The summed E-state index contributed by atoms with van der Waals surface area (Å²) in [6, 6.07) is 12.7. The van der Waals surface area contributed by atoms with Crippen LogP contribution < -0.4 is 11.2 Å². The van der Waals surface area contributed by atoms with Gasteiger partial charge in [-0.25, -0.2) is 18.5 Å². The lowest BCUT2D eigenvalue weighted by Gasteiger charge is -2.25. The van der Waals surface area contributed by atoms with Gasteiger partial charge < -0.3 is 9.64 Å². The molecule has 0 radical (unpaired) electrons. The lowest BCUT2D eigenvalue weighted by atomic mass is 10.1. The summed E-state index contributed by atoms with van der Waals surface area (Å²) in [6.07, 6.45) is 0.0278. The number of hydrogen-bond donors (Lipinski definition) is 0. The molecule has 3 heterocycles. The minimum atomic E-state index is -0.575. The number of thiophene rings is 1. The predicted molar refractivity (Wildman–Crippen MR) is 133 cm³/mol. The zero-order chi connectivity index (χ0) is 24.7. The van der Waals surface area contributed by atoms with Crippen LogP contribution in [0.25, 0.3) is 15.9 Å². The zero-order valence-electron chi connectivity index (χ0n) is 18.8. The number of amides is 1. The monoisotopic (exact) mass is 513 g/mol. The number of benzene rings is 2. The van der Waals surface area contributed by atoms with Crippen molar-refractivity contribution in [2.75, 3.05) is 13.2 Å². The summed E-state index contributed by atoms with van der Waals surface area (Å²) in [4.78, 5) is 42.5. The van der Waals surface area contributed by atoms with E-state index in [0.717, 1.165) is 15.0 Å². The van der Waals surface area contributed by atoms with Crippen molar-refractivity contribution in [3.05, 3.63) is 96.2 Å². The molecule has 0 atom stereocenters. The van der Waals surface area contributed by atoms with E-state index in [1.54, 1.807) is 54.3 Å². The van der Waals surface area contributed by atoms with Crippen LogP contribution in [0.15, 0.2) is 58.1 Å². The van der Waals surface area contributed by atoms with E-state index in [4.69, 9.17) is 16.3 Å². The molecule has 35 heavy (non-hydrogen) atoms. The Hall–Kier alpha value is -3.43. The molecular weight excluding hydrogens is 493 g/mol. The second-order valence-corrected chi connectivity index (χ2v) is 9.65. The van der Waals surface area contributed by atoms with Gasteiger partial charge >= 0.3 is 11.8 Å². The number of ether oxygens (including phenoxy) is 1. The first-order valence-corrected chi connectivity index (χ1v) is 12.3. The van der Waals surface area contributed by atoms with Crippen LogP contribution in [0, 0.1) is 5.82 Å². The molecule has 2 aromatic heterocycles. The first kappa shape index (κ1) is 23.3. The number of carbonyl (C=O) groups is 1. The normalized spacial score (nSPS) is 13.2. The Balaban J connectivity index is 1.74. The molecule has 2 aromatic carbocycles. The SMILES string of the molecule is CCOC(=O)N1CCc2c(sc3c2c(=O)n(-c2ccc(Cl)cc2)c(=O)n3Cc2ccccc2F)C1. The Kier molecular flexibility index (Phi) is 6.21. The molecule has 1 aliphatic heterocycles. The fourth-order valence-corrected chi connectivity index (χ4v) is 5.80. The summed E-state index contributed by atoms with van der Waals surface area (Å²) in [5.41, 5.74) is 0.489. The van der Waals surface area contributed by atoms with Gasteiger partial charge in [0.15, 0.2) is 0 Å². The van der Waals surface area contributed by atoms with Crippen LogP contribution in [0.3, 0.4) is 0 Å². The molecule has 7 nitrogen and oxygen atoms in total. The second-order valence-electron chi connectivity index (χ2n) is 8.13. The molecule has 180 valence electrons. The molecule has 0 N–H and O–H groups in total. The Morgan fingerprint density at radius 2 is 1.89 bits per heavy atom. The topological polar surface area (TPSA) is 73.5 Å². The third-order valence-electron chi connectivity index (χ3n) is 6.02. The smallest absolute Gasteiger partial charge is 0.410 e. The molecule has 10 heteroatoms. The standard InChI is InChI=1S/C25H21ClFN3O4S/c1-2-34-25(33)28-12-11-18-20(14-28)35-23-21(18)22(31)30(17-9-7-16(26)8-10-17)24(32)29(23)13-15-5-3-4-6-19(15)27/h3-10H,2,11-14H2,1H3. The maximum Gasteiger partial charge on any atom is 0.410 e. The van der Waals surface area contributed by atoms with E-state index in [0.29, 0.717) is 39.5 Å². The van der Waals surface area contributed by atoms with Crippen molar-refractivity contribution in [1.29, 1.82) is 0 Å². The fourth-order valence-electron chi connectivity index (χ4n) is 4.33. The summed E-state index contributed by atoms with van der Waals surface area (Å²) in [5.74, 6) is -0.438. The van der Waals surface area contributed by atoms with Crippen molar-refractivity contribution >= 4 is 39.2 Å². The van der Waals surface area contributed by atoms with Crippen molar-refractivity contribution in [1.82, 2.24) is 14.0 Å². The average Bonchev–Trinajstić information content (AvgIpc) is 3.23. The fraction of sp³-hybridized carbons (Fsp3) is 0.240. The van der Waals surface area contributed by atoms with Gasteiger partial charge in [-0.05, 0) is 49.2 Å². The van der Waals surface area contributed by atoms with Crippen LogP contribution in [0.1, 0.15) is 22.9 Å². The Bertz CT molecular complexity index is 1560. The number of hydrogen-bond acceptors (Lipinski definition) is 5. The first-order valence-electron chi connectivity index (χ1n) is 11.1. The minimum Gasteiger partial charge on any atom is -0.450 e. The van der Waals surface area contributed by atoms with Gasteiger partial charge in [0.25, 0.3) is 5.56 Å². The van der Waals surface area contributed by atoms with Gasteiger partial charge in [-0.1, -0.05) is 29.8 Å². The molecule has 5 rings (SSSR count). The third kappa shape index (κ3) is 4.15. The van der Waals surface area contributed by atoms with Gasteiger partial charge in [-0.15, -0.1) is 11.3 Å². The van der Waals surface area contributed by atoms with Crippen molar-refractivity contribution in [2.24, 2.45) is 0 Å². The summed E-state index contributed by atoms with van der Waals surface area (Å²) >= 11 is 7.30. The Labute approximate surface area is 208 Å². The summed E-state index contributed by atoms with van der Waals surface area (Å²) in [5, 5.41) is 0.890. The summed E-state index contributed by atoms with van der Waals surface area (Å²) in [7, 11) is 0. The van der Waals surface area contributed by atoms with Crippen LogP contribution in [0.5, 0.6) is 0 Å². The molecule has 4 aromatic rings. The highest BCUT2D eigenvalue weighted by Gasteiger charge is 2.29. The van der Waals surface area contributed by atoms with Crippen LogP contribution >= 0.6 is 22.9 Å². The first-order chi connectivity index (χ1) is 16.9. The molecule has 0 unspecified atom stereocenters. The number of aromatic nitrogens is 2. The van der Waals surface area contributed by atoms with Gasteiger partial charge in [0, 0.05) is 22.0 Å². The number of fused-ring (bicyclic) bond motifs is 3. The number of halogens is 2. The van der Waals surface area contributed by atoms with Gasteiger partial charge in [-0.3, -0.25) is 9.36 Å². The van der Waals surface area contributed by atoms with Crippen LogP contribution in [-0.4, -0.2) is 33.3 Å². The maximum absolute atomic E-state index is 14.5. The van der Waals surface area contributed by atoms with E-state index >= 15 is 0 Å². The predicted octanol–water partition coefficient (Wildman–Crippen LogP) is 4.57. The molecule has 0 fully saturated rings. The van der Waals surface area contributed by atoms with E-state index in [9.17, 15) is 18.8 Å². The molecule has 0 bridgehead atoms. The Morgan fingerprint density at radius 1 is 1.14 bits per heavy atom. The van der Waals surface area contributed by atoms with E-state index in [1.807, 2.05) is 0 Å². The molecule has 1 amide bonds. The van der Waals surface area contributed by atoms with Crippen molar-refractivity contribution < 1.29 is 13.9 Å². The maximum atomic E-state index is 14.5. The van der Waals surface area contributed by atoms with Gasteiger partial charge in [-0.2, -0.15) is 0 Å². The van der Waals surface area contributed by atoms with Crippen molar-refractivity contribution in [3.63, 3.8) is 0 Å². The lowest BCUT2D eigenvalue weighted by molar-refractivity contribution is 0.103. The highest BCUT2D eigenvalue weighted by atomic mass is 35.5. The zero-order valence-corrected chi connectivity index (χ0v) is 20.4. The quantitative estimate of drug-likeness (QED) is 0.401. The van der Waals surface area contributed by atoms with Crippen LogP contribution in [0.4, 0.5) is 9.18 Å². The number of rotatable bonds is 4. The van der Waals surface area contributed by atoms with Crippen molar-refractivity contribution in [3.8, 4) is 5.69 Å². The molecule has 0 spiro atoms. The van der Waals surface area contributed by atoms with E-state index in [2.05, 4.69) is 0 Å². The van der Waals surface area contributed by atoms with Gasteiger partial charge in [0.1, 0.15) is 10.6 Å². The highest BCUT2D eigenvalue weighted by molar-refractivity contribution is 7.18. The van der Waals surface area contributed by atoms with Crippen LogP contribution in [0.2, 0.25) is 5.02 Å². The Morgan fingerprint density at radius 3 is 2.60 bits per heavy atom. The number of nitrogens with zero attached hydrogens (tertiary/aromatic N) is 3.